The van der Waals surface area contributed by atoms with Crippen LogP contribution < -0.4 is 0 Å². The lowest BCUT2D eigenvalue weighted by atomic mass is 10.2. The van der Waals surface area contributed by atoms with Crippen LogP contribution in [0.2, 0.25) is 0 Å². The van der Waals surface area contributed by atoms with Gasteiger partial charge in [0.05, 0.1) is 5.56 Å². The summed E-state index contributed by atoms with van der Waals surface area (Å²) < 4.78 is 13.5. The molecule has 2 heterocycles. The van der Waals surface area contributed by atoms with Crippen LogP contribution in [0.3, 0.4) is 0 Å². The van der Waals surface area contributed by atoms with Crippen LogP contribution in [-0.4, -0.2) is 15.8 Å². The second-order valence-corrected chi connectivity index (χ2v) is 4.29. The van der Waals surface area contributed by atoms with E-state index in [1.165, 1.54) is 6.07 Å². The van der Waals surface area contributed by atoms with E-state index >= 15 is 0 Å². The summed E-state index contributed by atoms with van der Waals surface area (Å²) in [5.41, 5.74) is 2.10. The molecule has 3 rings (SSSR count). The van der Waals surface area contributed by atoms with Crippen molar-refractivity contribution in [3.05, 3.63) is 65.2 Å². The van der Waals surface area contributed by atoms with E-state index in [1.807, 2.05) is 6.07 Å². The average Bonchev–Trinajstić information content (AvgIpc) is 2.70. The minimum atomic E-state index is -0.278. The number of benzene rings is 1. The largest absolute Gasteiger partial charge is 0.330 e. The number of hydrogen-bond acceptors (Lipinski definition) is 2. The summed E-state index contributed by atoms with van der Waals surface area (Å²) >= 11 is 0. The molecule has 0 N–H and O–H groups in total. The highest BCUT2D eigenvalue weighted by atomic mass is 19.1. The monoisotopic (exact) mass is 242 g/mol. The van der Waals surface area contributed by atoms with E-state index in [1.54, 1.807) is 35.5 Å². The van der Waals surface area contributed by atoms with Crippen molar-refractivity contribution in [1.82, 2.24) is 9.88 Å². The lowest BCUT2D eigenvalue weighted by Crippen LogP contribution is -2.23. The van der Waals surface area contributed by atoms with Gasteiger partial charge in [-0.05, 0) is 17.7 Å². The van der Waals surface area contributed by atoms with Gasteiger partial charge in [-0.15, -0.1) is 0 Å². The lowest BCUT2D eigenvalue weighted by Gasteiger charge is -2.15. The van der Waals surface area contributed by atoms with E-state index in [0.717, 1.165) is 5.56 Å². The number of pyridine rings is 1. The number of rotatable bonds is 2. The van der Waals surface area contributed by atoms with Gasteiger partial charge in [-0.2, -0.15) is 0 Å². The third-order valence-electron chi connectivity index (χ3n) is 3.11. The van der Waals surface area contributed by atoms with Gasteiger partial charge in [-0.1, -0.05) is 18.2 Å². The van der Waals surface area contributed by atoms with Crippen LogP contribution in [0.25, 0.3) is 0 Å². The number of fused-ring (bicyclic) bond motifs is 1. The van der Waals surface area contributed by atoms with Crippen LogP contribution >= 0.6 is 0 Å². The molecule has 1 amide bonds. The van der Waals surface area contributed by atoms with Crippen LogP contribution in [-0.2, 0) is 13.1 Å². The number of carbonyl (C=O) groups is 1. The van der Waals surface area contributed by atoms with Gasteiger partial charge in [0.1, 0.15) is 5.82 Å². The molecule has 0 aliphatic carbocycles. The van der Waals surface area contributed by atoms with Gasteiger partial charge < -0.3 is 4.90 Å². The zero-order valence-electron chi connectivity index (χ0n) is 9.64. The molecule has 0 saturated heterocycles. The maximum atomic E-state index is 13.5. The smallest absolute Gasteiger partial charge is 0.256 e. The molecule has 1 aromatic heterocycles. The summed E-state index contributed by atoms with van der Waals surface area (Å²) in [4.78, 5) is 17.6. The highest BCUT2D eigenvalue weighted by Gasteiger charge is 2.27. The molecule has 4 heteroatoms. The van der Waals surface area contributed by atoms with Gasteiger partial charge in [0, 0.05) is 31.0 Å². The zero-order chi connectivity index (χ0) is 12.5. The van der Waals surface area contributed by atoms with E-state index in [4.69, 9.17) is 0 Å². The van der Waals surface area contributed by atoms with Crippen molar-refractivity contribution in [2.24, 2.45) is 0 Å². The van der Waals surface area contributed by atoms with Crippen molar-refractivity contribution in [3.8, 4) is 0 Å². The van der Waals surface area contributed by atoms with Crippen molar-refractivity contribution in [2.75, 3.05) is 0 Å². The second kappa shape index (κ2) is 4.22. The van der Waals surface area contributed by atoms with Crippen LogP contribution in [0, 0.1) is 5.82 Å². The molecule has 1 aromatic carbocycles. The maximum absolute atomic E-state index is 13.5. The molecule has 1 aliphatic rings. The first-order valence-electron chi connectivity index (χ1n) is 5.71. The predicted molar refractivity (Wildman–Crippen MR) is 64.2 cm³/mol. The van der Waals surface area contributed by atoms with Crippen molar-refractivity contribution >= 4 is 5.91 Å². The Bertz CT molecular complexity index is 612. The summed E-state index contributed by atoms with van der Waals surface area (Å²) in [6, 6.07) is 8.35. The van der Waals surface area contributed by atoms with Gasteiger partial charge >= 0.3 is 0 Å². The Morgan fingerprint density at radius 3 is 2.89 bits per heavy atom. The number of aromatic nitrogens is 1. The van der Waals surface area contributed by atoms with Gasteiger partial charge in [-0.25, -0.2) is 4.39 Å². The quantitative estimate of drug-likeness (QED) is 0.810. The first-order chi connectivity index (χ1) is 8.75. The highest BCUT2D eigenvalue weighted by Crippen LogP contribution is 2.23. The second-order valence-electron chi connectivity index (χ2n) is 4.29. The van der Waals surface area contributed by atoms with Gasteiger partial charge in [0.15, 0.2) is 0 Å². The molecule has 0 saturated carbocycles. The molecule has 0 spiro atoms. The minimum absolute atomic E-state index is 0.0821. The van der Waals surface area contributed by atoms with E-state index < -0.39 is 0 Å². The van der Waals surface area contributed by atoms with Crippen molar-refractivity contribution in [2.45, 2.75) is 13.1 Å². The van der Waals surface area contributed by atoms with Crippen LogP contribution in [0.15, 0.2) is 42.7 Å². The number of nitrogens with zero attached hydrogens (tertiary/aromatic N) is 2. The Kier molecular flexibility index (Phi) is 2.55. The Hall–Kier alpha value is -2.23. The first-order valence-corrected chi connectivity index (χ1v) is 5.71. The number of hydrogen-bond donors (Lipinski definition) is 0. The Morgan fingerprint density at radius 2 is 2.11 bits per heavy atom. The van der Waals surface area contributed by atoms with Gasteiger partial charge in [0.25, 0.3) is 5.91 Å². The fourth-order valence-corrected chi connectivity index (χ4v) is 2.16. The molecular formula is C14H11FN2O. The summed E-state index contributed by atoms with van der Waals surface area (Å²) in [7, 11) is 0. The SMILES string of the molecule is O=C1c2cnccc2CN1Cc1ccccc1F. The standard InChI is InChI=1S/C14H11FN2O/c15-13-4-2-1-3-11(13)9-17-8-10-5-6-16-7-12(10)14(17)18/h1-7H,8-9H2. The molecule has 3 nitrogen and oxygen atoms in total. The zero-order valence-corrected chi connectivity index (χ0v) is 9.64. The van der Waals surface area contributed by atoms with Crippen molar-refractivity contribution in [3.63, 3.8) is 0 Å². The van der Waals surface area contributed by atoms with Gasteiger partial charge in [0.2, 0.25) is 0 Å². The Balaban J connectivity index is 1.86. The summed E-state index contributed by atoms with van der Waals surface area (Å²) in [6.07, 6.45) is 3.23. The molecule has 2 aromatic rings. The molecular weight excluding hydrogens is 231 g/mol. The maximum Gasteiger partial charge on any atom is 0.256 e. The molecule has 0 radical (unpaired) electrons. The third-order valence-corrected chi connectivity index (χ3v) is 3.11. The molecule has 18 heavy (non-hydrogen) atoms. The molecule has 90 valence electrons. The summed E-state index contributed by atoms with van der Waals surface area (Å²) in [6.45, 7) is 0.811. The van der Waals surface area contributed by atoms with Crippen LogP contribution in [0.4, 0.5) is 4.39 Å². The highest BCUT2D eigenvalue weighted by molar-refractivity contribution is 5.97. The van der Waals surface area contributed by atoms with Gasteiger partial charge in [-0.3, -0.25) is 9.78 Å². The minimum Gasteiger partial charge on any atom is -0.330 e. The normalized spacial score (nSPS) is 13.8. The molecule has 1 aliphatic heterocycles. The predicted octanol–water partition coefficient (Wildman–Crippen LogP) is 2.38. The topological polar surface area (TPSA) is 33.2 Å². The summed E-state index contributed by atoms with van der Waals surface area (Å²) in [5, 5.41) is 0. The molecule has 0 atom stereocenters. The molecule has 0 fully saturated rings. The van der Waals surface area contributed by atoms with E-state index in [-0.39, 0.29) is 11.7 Å². The lowest BCUT2D eigenvalue weighted by molar-refractivity contribution is 0.0765. The number of amides is 1. The number of carbonyl (C=O) groups excluding carboxylic acids is 1. The van der Waals surface area contributed by atoms with Crippen molar-refractivity contribution in [1.29, 1.82) is 0 Å². The first kappa shape index (κ1) is 10.9. The van der Waals surface area contributed by atoms with Crippen LogP contribution in [0.5, 0.6) is 0 Å². The Morgan fingerprint density at radius 1 is 1.28 bits per heavy atom. The van der Waals surface area contributed by atoms with Crippen LogP contribution in [0.1, 0.15) is 21.5 Å². The molecule has 0 unspecified atom stereocenters. The van der Waals surface area contributed by atoms with E-state index in [2.05, 4.69) is 4.98 Å². The molecule has 0 bridgehead atoms. The Labute approximate surface area is 104 Å². The fraction of sp³-hybridized carbons (Fsp3) is 0.143. The van der Waals surface area contributed by atoms with E-state index in [9.17, 15) is 9.18 Å². The van der Waals surface area contributed by atoms with E-state index in [0.29, 0.717) is 24.2 Å². The third kappa shape index (κ3) is 1.76. The average molecular weight is 242 g/mol. The summed E-state index contributed by atoms with van der Waals surface area (Å²) in [5.74, 6) is -0.360. The fourth-order valence-electron chi connectivity index (χ4n) is 2.16. The van der Waals surface area contributed by atoms with Crippen molar-refractivity contribution < 1.29 is 9.18 Å². The number of halogens is 1.